The number of unbranched alkanes of at least 4 members (excludes halogenated alkanes) is 41. The van der Waals surface area contributed by atoms with Crippen molar-refractivity contribution in [3.05, 3.63) is 0 Å². The summed E-state index contributed by atoms with van der Waals surface area (Å²) in [5, 5.41) is 10.6. The standard InChI is InChI=1S/C77H150O17P2/c1-8-11-12-13-14-15-16-17-18-19-20-21-22-30-39-46-53-60-76(81)93-72(64-87-74(79)58-51-44-37-29-26-24-28-35-42-49-56-69(6)9-2)66-91-95(83,84)89-62-71(78)63-90-96(85,86)92-67-73(65-88-75(80)59-52-45-38-33-32-36-43-50-57-70(7)10-3)94-77(82)61-54-47-40-31-25-23-27-34-41-48-55-68(4)5/h68-73,78H,8-67H2,1-7H3,(H,83,84)(H,85,86)/t69?,70?,71-,72-,73-/m1/s1. The Morgan fingerprint density at radius 1 is 0.302 bits per heavy atom. The number of rotatable bonds is 75. The van der Waals surface area contributed by atoms with Gasteiger partial charge in [-0.3, -0.25) is 37.3 Å². The highest BCUT2D eigenvalue weighted by atomic mass is 31.2. The first-order chi connectivity index (χ1) is 46.3. The number of aliphatic hydroxyl groups excluding tert-OH is 1. The summed E-state index contributed by atoms with van der Waals surface area (Å²) in [6.45, 7) is 11.9. The van der Waals surface area contributed by atoms with Crippen LogP contribution in [0.2, 0.25) is 0 Å². The average molecular weight is 1410 g/mol. The Balaban J connectivity index is 5.27. The second-order valence-corrected chi connectivity index (χ2v) is 31.6. The van der Waals surface area contributed by atoms with Crippen LogP contribution in [0.15, 0.2) is 0 Å². The maximum absolute atomic E-state index is 13.1. The summed E-state index contributed by atoms with van der Waals surface area (Å²) in [5.74, 6) is 0.223. The van der Waals surface area contributed by atoms with Crippen LogP contribution >= 0.6 is 15.6 Å². The monoisotopic (exact) mass is 1410 g/mol. The van der Waals surface area contributed by atoms with E-state index in [1.165, 1.54) is 205 Å². The number of hydrogen-bond acceptors (Lipinski definition) is 15. The Hall–Kier alpha value is -1.94. The molecule has 17 nitrogen and oxygen atoms in total. The first-order valence-corrected chi connectivity index (χ1v) is 42.9. The van der Waals surface area contributed by atoms with E-state index >= 15 is 0 Å². The van der Waals surface area contributed by atoms with Crippen LogP contribution in [-0.4, -0.2) is 96.7 Å². The molecular weight excluding hydrogens is 1260 g/mol. The van der Waals surface area contributed by atoms with Gasteiger partial charge in [-0.2, -0.15) is 0 Å². The highest BCUT2D eigenvalue weighted by Crippen LogP contribution is 2.45. The Morgan fingerprint density at radius 2 is 0.531 bits per heavy atom. The molecule has 0 aliphatic heterocycles. The van der Waals surface area contributed by atoms with E-state index in [4.69, 9.17) is 37.0 Å². The molecule has 0 rings (SSSR count). The van der Waals surface area contributed by atoms with Gasteiger partial charge < -0.3 is 33.8 Å². The number of carbonyl (C=O) groups is 4. The van der Waals surface area contributed by atoms with Crippen molar-refractivity contribution in [3.8, 4) is 0 Å². The summed E-state index contributed by atoms with van der Waals surface area (Å²) >= 11 is 0. The molecule has 0 heterocycles. The van der Waals surface area contributed by atoms with E-state index in [1.807, 2.05) is 0 Å². The highest BCUT2D eigenvalue weighted by molar-refractivity contribution is 7.47. The number of phosphoric ester groups is 2. The Labute approximate surface area is 588 Å². The van der Waals surface area contributed by atoms with Crippen LogP contribution in [0.25, 0.3) is 0 Å². The second kappa shape index (κ2) is 67.5. The fourth-order valence-corrected chi connectivity index (χ4v) is 13.3. The van der Waals surface area contributed by atoms with Gasteiger partial charge in [0.25, 0.3) is 0 Å². The molecule has 0 saturated heterocycles. The van der Waals surface area contributed by atoms with Gasteiger partial charge in [-0.15, -0.1) is 0 Å². The smallest absolute Gasteiger partial charge is 0.462 e. The van der Waals surface area contributed by atoms with E-state index in [0.717, 1.165) is 108 Å². The van der Waals surface area contributed by atoms with E-state index in [-0.39, 0.29) is 25.7 Å². The van der Waals surface area contributed by atoms with E-state index in [2.05, 4.69) is 48.5 Å². The summed E-state index contributed by atoms with van der Waals surface area (Å²) in [7, 11) is -9.92. The van der Waals surface area contributed by atoms with E-state index in [0.29, 0.717) is 25.7 Å². The normalized spacial score (nSPS) is 14.6. The minimum absolute atomic E-state index is 0.105. The lowest BCUT2D eigenvalue weighted by atomic mass is 9.99. The summed E-state index contributed by atoms with van der Waals surface area (Å²) in [4.78, 5) is 72.9. The SMILES string of the molecule is CCCCCCCCCCCCCCCCCCCC(=O)O[C@H](COC(=O)CCCCCCCCCCCCC(C)CC)COP(=O)(O)OC[C@@H](O)COP(=O)(O)OC[C@@H](COC(=O)CCCCCCCCCCC(C)CC)OC(=O)CCCCCCCCCCCCC(C)C. The van der Waals surface area contributed by atoms with Gasteiger partial charge in [0.1, 0.15) is 19.3 Å². The number of ether oxygens (including phenoxy) is 4. The Bertz CT molecular complexity index is 1870. The van der Waals surface area contributed by atoms with Crippen molar-refractivity contribution in [1.29, 1.82) is 0 Å². The summed E-state index contributed by atoms with van der Waals surface area (Å²) in [6, 6.07) is 0. The molecule has 570 valence electrons. The minimum atomic E-state index is -4.96. The first-order valence-electron chi connectivity index (χ1n) is 39.9. The van der Waals surface area contributed by atoms with Crippen molar-refractivity contribution in [2.24, 2.45) is 17.8 Å². The number of hydrogen-bond donors (Lipinski definition) is 3. The van der Waals surface area contributed by atoms with E-state index in [1.54, 1.807) is 0 Å². The molecule has 0 aromatic rings. The zero-order chi connectivity index (χ0) is 70.9. The van der Waals surface area contributed by atoms with Gasteiger partial charge in [-0.1, -0.05) is 344 Å². The molecule has 19 heteroatoms. The minimum Gasteiger partial charge on any atom is -0.462 e. The number of carbonyl (C=O) groups excluding carboxylic acids is 4. The lowest BCUT2D eigenvalue weighted by molar-refractivity contribution is -0.161. The predicted molar refractivity (Wildman–Crippen MR) is 391 cm³/mol. The number of aliphatic hydroxyl groups is 1. The van der Waals surface area contributed by atoms with Crippen molar-refractivity contribution in [2.75, 3.05) is 39.6 Å². The van der Waals surface area contributed by atoms with Gasteiger partial charge in [0.2, 0.25) is 0 Å². The third kappa shape index (κ3) is 67.9. The highest BCUT2D eigenvalue weighted by Gasteiger charge is 2.30. The van der Waals surface area contributed by atoms with Crippen molar-refractivity contribution in [1.82, 2.24) is 0 Å². The molecule has 0 amide bonds. The van der Waals surface area contributed by atoms with E-state index < -0.39 is 97.5 Å². The van der Waals surface area contributed by atoms with Crippen LogP contribution in [0.3, 0.4) is 0 Å². The van der Waals surface area contributed by atoms with Gasteiger partial charge in [0.05, 0.1) is 26.4 Å². The Kier molecular flexibility index (Phi) is 66.2. The second-order valence-electron chi connectivity index (χ2n) is 28.7. The molecule has 3 N–H and O–H groups in total. The van der Waals surface area contributed by atoms with Crippen LogP contribution in [-0.2, 0) is 65.4 Å². The maximum Gasteiger partial charge on any atom is 0.472 e. The lowest BCUT2D eigenvalue weighted by Crippen LogP contribution is -2.30. The molecule has 4 unspecified atom stereocenters. The van der Waals surface area contributed by atoms with Crippen molar-refractivity contribution in [3.63, 3.8) is 0 Å². The molecule has 0 aromatic carbocycles. The molecule has 0 fully saturated rings. The number of phosphoric acid groups is 2. The molecule has 0 bridgehead atoms. The van der Waals surface area contributed by atoms with Gasteiger partial charge in [-0.05, 0) is 43.4 Å². The Morgan fingerprint density at radius 3 is 0.792 bits per heavy atom. The predicted octanol–water partition coefficient (Wildman–Crippen LogP) is 22.6. The molecule has 0 aliphatic rings. The van der Waals surface area contributed by atoms with Crippen molar-refractivity contribution < 1.29 is 80.2 Å². The van der Waals surface area contributed by atoms with Gasteiger partial charge in [0.15, 0.2) is 12.2 Å². The summed E-state index contributed by atoms with van der Waals surface area (Å²) in [6.07, 6.45) is 53.9. The largest absolute Gasteiger partial charge is 0.472 e. The van der Waals surface area contributed by atoms with Crippen LogP contribution in [0.1, 0.15) is 395 Å². The maximum atomic E-state index is 13.1. The first kappa shape index (κ1) is 94.1. The average Bonchev–Trinajstić information content (AvgIpc) is 3.03. The van der Waals surface area contributed by atoms with Gasteiger partial charge in [-0.25, -0.2) is 9.13 Å². The molecule has 96 heavy (non-hydrogen) atoms. The molecule has 0 aliphatic carbocycles. The van der Waals surface area contributed by atoms with Crippen LogP contribution in [0.5, 0.6) is 0 Å². The molecule has 7 atom stereocenters. The summed E-state index contributed by atoms with van der Waals surface area (Å²) < 4.78 is 68.6. The van der Waals surface area contributed by atoms with Crippen molar-refractivity contribution >= 4 is 39.5 Å². The molecule has 0 saturated carbocycles. The fraction of sp³-hybridized carbons (Fsp3) is 0.948. The zero-order valence-electron chi connectivity index (χ0n) is 62.8. The molecular formula is C77H150O17P2. The topological polar surface area (TPSA) is 237 Å². The van der Waals surface area contributed by atoms with Crippen LogP contribution in [0, 0.1) is 17.8 Å². The lowest BCUT2D eigenvalue weighted by Gasteiger charge is -2.21. The van der Waals surface area contributed by atoms with Gasteiger partial charge >= 0.3 is 39.5 Å². The molecule has 0 spiro atoms. The zero-order valence-corrected chi connectivity index (χ0v) is 64.6. The van der Waals surface area contributed by atoms with Crippen LogP contribution < -0.4 is 0 Å². The number of esters is 4. The van der Waals surface area contributed by atoms with E-state index in [9.17, 15) is 43.2 Å². The summed E-state index contributed by atoms with van der Waals surface area (Å²) in [5.41, 5.74) is 0. The fourth-order valence-electron chi connectivity index (χ4n) is 11.7. The van der Waals surface area contributed by atoms with Crippen LogP contribution in [0.4, 0.5) is 0 Å². The van der Waals surface area contributed by atoms with Gasteiger partial charge in [0, 0.05) is 25.7 Å². The van der Waals surface area contributed by atoms with Crippen molar-refractivity contribution in [2.45, 2.75) is 414 Å². The molecule has 0 radical (unpaired) electrons. The quantitative estimate of drug-likeness (QED) is 0.0222. The molecule has 0 aromatic heterocycles. The third-order valence-electron chi connectivity index (χ3n) is 18.6. The third-order valence-corrected chi connectivity index (χ3v) is 20.5.